The summed E-state index contributed by atoms with van der Waals surface area (Å²) >= 11 is 0. The number of nitrogen functional groups attached to an aromatic ring is 1. The smallest absolute Gasteiger partial charge is 0.188 e. The van der Waals surface area contributed by atoms with Crippen molar-refractivity contribution in [1.82, 2.24) is 9.97 Å². The number of hydrogen-bond acceptors (Lipinski definition) is 4. The van der Waals surface area contributed by atoms with Crippen molar-refractivity contribution in [2.45, 2.75) is 12.8 Å². The van der Waals surface area contributed by atoms with Crippen molar-refractivity contribution in [2.24, 2.45) is 5.92 Å². The van der Waals surface area contributed by atoms with E-state index in [-0.39, 0.29) is 17.5 Å². The lowest BCUT2D eigenvalue weighted by Gasteiger charge is -1.99. The number of hydrogen-bond donors (Lipinski definition) is 1. The van der Waals surface area contributed by atoms with Crippen molar-refractivity contribution in [1.29, 1.82) is 0 Å². The number of carbonyl (C=O) groups excluding carboxylic acids is 1. The van der Waals surface area contributed by atoms with Gasteiger partial charge in [-0.05, 0) is 12.8 Å². The van der Waals surface area contributed by atoms with Gasteiger partial charge in [0.2, 0.25) is 0 Å². The minimum atomic E-state index is 0.0422. The zero-order chi connectivity index (χ0) is 8.55. The van der Waals surface area contributed by atoms with Gasteiger partial charge in [0.1, 0.15) is 5.69 Å². The highest BCUT2D eigenvalue weighted by Crippen LogP contribution is 2.32. The van der Waals surface area contributed by atoms with Crippen molar-refractivity contribution >= 4 is 11.6 Å². The van der Waals surface area contributed by atoms with E-state index in [2.05, 4.69) is 9.97 Å². The van der Waals surface area contributed by atoms with Crippen molar-refractivity contribution in [2.75, 3.05) is 5.73 Å². The summed E-state index contributed by atoms with van der Waals surface area (Å²) in [6.07, 6.45) is 4.91. The van der Waals surface area contributed by atoms with E-state index in [1.165, 1.54) is 12.4 Å². The summed E-state index contributed by atoms with van der Waals surface area (Å²) < 4.78 is 0. The van der Waals surface area contributed by atoms with Crippen molar-refractivity contribution in [3.8, 4) is 0 Å². The summed E-state index contributed by atoms with van der Waals surface area (Å²) in [7, 11) is 0. The predicted octanol–water partition coefficient (Wildman–Crippen LogP) is 0.651. The lowest BCUT2D eigenvalue weighted by atomic mass is 10.2. The van der Waals surface area contributed by atoms with Crippen molar-refractivity contribution < 1.29 is 4.79 Å². The maximum atomic E-state index is 11.4. The van der Waals surface area contributed by atoms with Crippen LogP contribution in [-0.2, 0) is 0 Å². The van der Waals surface area contributed by atoms with E-state index >= 15 is 0 Å². The highest BCUT2D eigenvalue weighted by molar-refractivity contribution is 6.00. The molecule has 62 valence electrons. The number of anilines is 1. The van der Waals surface area contributed by atoms with Gasteiger partial charge < -0.3 is 5.73 Å². The second-order valence-electron chi connectivity index (χ2n) is 2.93. The summed E-state index contributed by atoms with van der Waals surface area (Å²) in [6.45, 7) is 0. The first-order valence-corrected chi connectivity index (χ1v) is 3.89. The Morgan fingerprint density at radius 2 is 2.08 bits per heavy atom. The van der Waals surface area contributed by atoms with Crippen LogP contribution in [0.3, 0.4) is 0 Å². The molecule has 2 N–H and O–H groups in total. The number of nitrogens with two attached hydrogens (primary N) is 1. The van der Waals surface area contributed by atoms with Crippen LogP contribution in [0.1, 0.15) is 23.3 Å². The molecule has 1 saturated carbocycles. The van der Waals surface area contributed by atoms with Crippen LogP contribution >= 0.6 is 0 Å². The fourth-order valence-electron chi connectivity index (χ4n) is 1.08. The molecule has 1 aromatic rings. The first-order chi connectivity index (χ1) is 5.79. The van der Waals surface area contributed by atoms with E-state index in [0.717, 1.165) is 12.8 Å². The quantitative estimate of drug-likeness (QED) is 0.650. The Labute approximate surface area is 69.8 Å². The number of aromatic nitrogens is 2. The molecule has 0 aliphatic heterocycles. The molecule has 0 radical (unpaired) electrons. The molecule has 0 bridgehead atoms. The minimum absolute atomic E-state index is 0.0422. The van der Waals surface area contributed by atoms with Crippen LogP contribution in [0, 0.1) is 5.92 Å². The third-order valence-corrected chi connectivity index (χ3v) is 1.91. The Hall–Kier alpha value is -1.45. The largest absolute Gasteiger partial charge is 0.382 e. The van der Waals surface area contributed by atoms with Gasteiger partial charge >= 0.3 is 0 Å². The summed E-state index contributed by atoms with van der Waals surface area (Å²) in [5, 5.41) is 0. The molecule has 1 fully saturated rings. The van der Waals surface area contributed by atoms with Crippen molar-refractivity contribution in [3.63, 3.8) is 0 Å². The Kier molecular flexibility index (Phi) is 1.53. The van der Waals surface area contributed by atoms with Crippen LogP contribution in [0.4, 0.5) is 5.82 Å². The fraction of sp³-hybridized carbons (Fsp3) is 0.375. The van der Waals surface area contributed by atoms with Gasteiger partial charge in [-0.2, -0.15) is 0 Å². The third-order valence-electron chi connectivity index (χ3n) is 1.91. The highest BCUT2D eigenvalue weighted by atomic mass is 16.1. The van der Waals surface area contributed by atoms with Crippen LogP contribution in [0.5, 0.6) is 0 Å². The molecule has 0 unspecified atom stereocenters. The topological polar surface area (TPSA) is 68.9 Å². The number of rotatable bonds is 2. The molecule has 1 heterocycles. The van der Waals surface area contributed by atoms with Gasteiger partial charge in [0, 0.05) is 18.3 Å². The minimum Gasteiger partial charge on any atom is -0.382 e. The molecule has 0 atom stereocenters. The number of carbonyl (C=O) groups is 1. The van der Waals surface area contributed by atoms with E-state index in [1.54, 1.807) is 0 Å². The average Bonchev–Trinajstić information content (AvgIpc) is 2.86. The summed E-state index contributed by atoms with van der Waals surface area (Å²) in [5.74, 6) is 0.444. The molecule has 4 nitrogen and oxygen atoms in total. The highest BCUT2D eigenvalue weighted by Gasteiger charge is 2.32. The van der Waals surface area contributed by atoms with Gasteiger partial charge in [0.05, 0.1) is 0 Å². The standard InChI is InChI=1S/C8H9N3O/c9-8-6(10-3-4-11-8)7(12)5-1-2-5/h3-5H,1-2H2,(H2,9,11). The monoisotopic (exact) mass is 163 g/mol. The SMILES string of the molecule is Nc1nccnc1C(=O)C1CC1. The number of ketones is 1. The number of Topliss-reactive ketones (excluding diaryl/α,β-unsaturated/α-hetero) is 1. The average molecular weight is 163 g/mol. The third kappa shape index (κ3) is 1.15. The van der Waals surface area contributed by atoms with Crippen LogP contribution in [0.25, 0.3) is 0 Å². The molecule has 0 aromatic carbocycles. The fourth-order valence-corrected chi connectivity index (χ4v) is 1.08. The first-order valence-electron chi connectivity index (χ1n) is 3.89. The molecule has 1 aliphatic carbocycles. The van der Waals surface area contributed by atoms with E-state index in [0.29, 0.717) is 5.69 Å². The molecule has 12 heavy (non-hydrogen) atoms. The normalized spacial score (nSPS) is 16.0. The lowest BCUT2D eigenvalue weighted by Crippen LogP contribution is -2.09. The predicted molar refractivity (Wildman–Crippen MR) is 43.5 cm³/mol. The Morgan fingerprint density at radius 3 is 2.67 bits per heavy atom. The maximum Gasteiger partial charge on any atom is 0.188 e. The summed E-state index contributed by atoms with van der Waals surface area (Å²) in [6, 6.07) is 0. The Balaban J connectivity index is 2.32. The van der Waals surface area contributed by atoms with E-state index in [9.17, 15) is 4.79 Å². The van der Waals surface area contributed by atoms with E-state index in [1.807, 2.05) is 0 Å². The van der Waals surface area contributed by atoms with E-state index < -0.39 is 0 Å². The molecule has 0 saturated heterocycles. The molecular formula is C8H9N3O. The van der Waals surface area contributed by atoms with Gasteiger partial charge in [-0.25, -0.2) is 9.97 Å². The van der Waals surface area contributed by atoms with Crippen LogP contribution < -0.4 is 5.73 Å². The van der Waals surface area contributed by atoms with Crippen LogP contribution in [0.2, 0.25) is 0 Å². The Bertz CT molecular complexity index is 320. The van der Waals surface area contributed by atoms with Crippen LogP contribution in [-0.4, -0.2) is 15.8 Å². The summed E-state index contributed by atoms with van der Waals surface area (Å²) in [5.41, 5.74) is 5.83. The summed E-state index contributed by atoms with van der Waals surface area (Å²) in [4.78, 5) is 19.2. The molecule has 4 heteroatoms. The van der Waals surface area contributed by atoms with Gasteiger partial charge in [-0.15, -0.1) is 0 Å². The van der Waals surface area contributed by atoms with Crippen molar-refractivity contribution in [3.05, 3.63) is 18.1 Å². The second kappa shape index (κ2) is 2.55. The maximum absolute atomic E-state index is 11.4. The zero-order valence-corrected chi connectivity index (χ0v) is 6.53. The zero-order valence-electron chi connectivity index (χ0n) is 6.53. The number of nitrogens with zero attached hydrogens (tertiary/aromatic N) is 2. The molecular weight excluding hydrogens is 154 g/mol. The Morgan fingerprint density at radius 1 is 1.42 bits per heavy atom. The van der Waals surface area contributed by atoms with E-state index in [4.69, 9.17) is 5.73 Å². The van der Waals surface area contributed by atoms with Crippen LogP contribution in [0.15, 0.2) is 12.4 Å². The molecule has 0 spiro atoms. The molecule has 1 aromatic heterocycles. The van der Waals surface area contributed by atoms with Gasteiger partial charge in [-0.1, -0.05) is 0 Å². The van der Waals surface area contributed by atoms with Gasteiger partial charge in [0.15, 0.2) is 11.6 Å². The molecule has 1 aliphatic rings. The second-order valence-corrected chi connectivity index (χ2v) is 2.93. The first kappa shape index (κ1) is 7.21. The molecule has 2 rings (SSSR count). The van der Waals surface area contributed by atoms with Gasteiger partial charge in [0.25, 0.3) is 0 Å². The lowest BCUT2D eigenvalue weighted by molar-refractivity contribution is 0.0963. The van der Waals surface area contributed by atoms with Gasteiger partial charge in [-0.3, -0.25) is 4.79 Å². The molecule has 0 amide bonds.